The van der Waals surface area contributed by atoms with Gasteiger partial charge in [0, 0.05) is 11.8 Å². The van der Waals surface area contributed by atoms with Crippen molar-refractivity contribution in [3.8, 4) is 11.5 Å². The summed E-state index contributed by atoms with van der Waals surface area (Å²) in [6.45, 7) is 4.88. The Kier molecular flexibility index (Phi) is 6.94. The van der Waals surface area contributed by atoms with Crippen LogP contribution in [0.1, 0.15) is 13.8 Å². The largest absolute Gasteiger partial charge is 0.493 e. The van der Waals surface area contributed by atoms with Gasteiger partial charge in [-0.2, -0.15) is 0 Å². The van der Waals surface area contributed by atoms with Crippen molar-refractivity contribution in [3.05, 3.63) is 30.2 Å². The lowest BCUT2D eigenvalue weighted by atomic mass is 10.2. The Morgan fingerprint density at radius 1 is 1.12 bits per heavy atom. The predicted molar refractivity (Wildman–Crippen MR) is 88.4 cm³/mol. The van der Waals surface area contributed by atoms with Crippen molar-refractivity contribution in [1.29, 1.82) is 0 Å². The molecular formula is C17H21NO7. The number of ether oxygens (including phenoxy) is 5. The lowest BCUT2D eigenvalue weighted by Crippen LogP contribution is -2.23. The summed E-state index contributed by atoms with van der Waals surface area (Å²) in [5, 5.41) is 2.63. The van der Waals surface area contributed by atoms with Gasteiger partial charge in [-0.15, -0.1) is 0 Å². The Balaban J connectivity index is 1.90. The van der Waals surface area contributed by atoms with E-state index < -0.39 is 18.5 Å². The molecule has 1 aliphatic heterocycles. The van der Waals surface area contributed by atoms with Gasteiger partial charge in [-0.1, -0.05) is 0 Å². The topological polar surface area (TPSA) is 92.3 Å². The molecule has 0 fully saturated rings. The number of hydrogen-bond acceptors (Lipinski definition) is 7. The van der Waals surface area contributed by atoms with Gasteiger partial charge in [0.1, 0.15) is 19.5 Å². The Morgan fingerprint density at radius 2 is 1.88 bits per heavy atom. The molecule has 0 atom stereocenters. The summed E-state index contributed by atoms with van der Waals surface area (Å²) in [6.07, 6.45) is 1.17. The lowest BCUT2D eigenvalue weighted by Gasteiger charge is -2.15. The van der Waals surface area contributed by atoms with E-state index in [1.54, 1.807) is 18.2 Å². The molecule has 0 aromatic heterocycles. The molecule has 2 rings (SSSR count). The van der Waals surface area contributed by atoms with Gasteiger partial charge in [0.15, 0.2) is 18.1 Å². The van der Waals surface area contributed by atoms with Crippen molar-refractivity contribution in [3.63, 3.8) is 0 Å². The summed E-state index contributed by atoms with van der Waals surface area (Å²) < 4.78 is 25.8. The molecule has 0 radical (unpaired) electrons. The molecule has 1 amide bonds. The minimum Gasteiger partial charge on any atom is -0.493 e. The van der Waals surface area contributed by atoms with Crippen LogP contribution >= 0.6 is 0 Å². The summed E-state index contributed by atoms with van der Waals surface area (Å²) in [5.41, 5.74) is 0.504. The molecule has 0 saturated heterocycles. The van der Waals surface area contributed by atoms with Gasteiger partial charge in [0.2, 0.25) is 5.76 Å². The van der Waals surface area contributed by atoms with Crippen LogP contribution in [0.4, 0.5) is 5.69 Å². The molecule has 0 saturated carbocycles. The van der Waals surface area contributed by atoms with E-state index in [0.29, 0.717) is 37.0 Å². The fraction of sp³-hybridized carbons (Fsp3) is 0.412. The average Bonchev–Trinajstić information content (AvgIpc) is 2.63. The normalized spacial score (nSPS) is 13.0. The van der Waals surface area contributed by atoms with Crippen LogP contribution in [0, 0.1) is 0 Å². The fourth-order valence-corrected chi connectivity index (χ4v) is 2.00. The molecule has 0 unspecified atom stereocenters. The monoisotopic (exact) mass is 351 g/mol. The zero-order chi connectivity index (χ0) is 18.1. The van der Waals surface area contributed by atoms with E-state index in [9.17, 15) is 9.59 Å². The average molecular weight is 351 g/mol. The minimum atomic E-state index is -0.753. The molecule has 0 aliphatic carbocycles. The maximum atomic E-state index is 11.9. The van der Waals surface area contributed by atoms with Crippen molar-refractivity contribution in [2.24, 2.45) is 0 Å². The molecule has 25 heavy (non-hydrogen) atoms. The summed E-state index contributed by atoms with van der Waals surface area (Å²) in [4.78, 5) is 23.6. The second-order valence-corrected chi connectivity index (χ2v) is 4.85. The van der Waals surface area contributed by atoms with E-state index in [1.807, 2.05) is 13.8 Å². The molecule has 1 heterocycles. The highest BCUT2D eigenvalue weighted by atomic mass is 16.6. The number of carbonyl (C=O) groups is 2. The van der Waals surface area contributed by atoms with Crippen LogP contribution in [0.5, 0.6) is 11.5 Å². The van der Waals surface area contributed by atoms with Crippen LogP contribution in [-0.4, -0.2) is 44.9 Å². The number of rotatable bonds is 8. The van der Waals surface area contributed by atoms with Crippen LogP contribution in [0.3, 0.4) is 0 Å². The van der Waals surface area contributed by atoms with E-state index in [0.717, 1.165) is 0 Å². The molecule has 8 heteroatoms. The number of carbonyl (C=O) groups excluding carboxylic acids is 2. The van der Waals surface area contributed by atoms with Crippen LogP contribution in [0.2, 0.25) is 0 Å². The molecule has 8 nitrogen and oxygen atoms in total. The van der Waals surface area contributed by atoms with Gasteiger partial charge >= 0.3 is 5.97 Å². The first-order chi connectivity index (χ1) is 12.1. The SMILES string of the molecule is CCOc1ccc(NC(=O)COC(=O)C2=COCCO2)cc1OCC. The lowest BCUT2D eigenvalue weighted by molar-refractivity contribution is -0.148. The molecule has 1 aromatic carbocycles. The minimum absolute atomic E-state index is 0.0567. The Labute approximate surface area is 145 Å². The van der Waals surface area contributed by atoms with Crippen LogP contribution in [0.25, 0.3) is 0 Å². The molecular weight excluding hydrogens is 330 g/mol. The van der Waals surface area contributed by atoms with Crippen LogP contribution in [-0.2, 0) is 23.8 Å². The number of nitrogens with one attached hydrogen (secondary N) is 1. The summed E-state index contributed by atoms with van der Waals surface area (Å²) in [5.74, 6) is -0.181. The molecule has 1 N–H and O–H groups in total. The number of hydrogen-bond donors (Lipinski definition) is 1. The van der Waals surface area contributed by atoms with Crippen molar-refractivity contribution in [2.45, 2.75) is 13.8 Å². The first kappa shape index (κ1) is 18.4. The van der Waals surface area contributed by atoms with E-state index in [2.05, 4.69) is 5.32 Å². The first-order valence-corrected chi connectivity index (χ1v) is 7.95. The van der Waals surface area contributed by atoms with Crippen molar-refractivity contribution >= 4 is 17.6 Å². The van der Waals surface area contributed by atoms with Gasteiger partial charge in [0.25, 0.3) is 5.91 Å². The second kappa shape index (κ2) is 9.41. The molecule has 1 aliphatic rings. The highest BCUT2D eigenvalue weighted by Gasteiger charge is 2.18. The number of esters is 1. The standard InChI is InChI=1S/C17H21NO7/c1-3-22-13-6-5-12(9-14(13)23-4-2)18-16(19)11-25-17(20)15-10-21-7-8-24-15/h5-6,9-10H,3-4,7-8,11H2,1-2H3,(H,18,19). The Bertz CT molecular complexity index is 642. The Morgan fingerprint density at radius 3 is 2.56 bits per heavy atom. The van der Waals surface area contributed by atoms with Crippen LogP contribution in [0.15, 0.2) is 30.2 Å². The highest BCUT2D eigenvalue weighted by molar-refractivity contribution is 5.94. The van der Waals surface area contributed by atoms with Gasteiger partial charge in [-0.25, -0.2) is 4.79 Å². The second-order valence-electron chi connectivity index (χ2n) is 4.85. The zero-order valence-corrected chi connectivity index (χ0v) is 14.2. The smallest absolute Gasteiger partial charge is 0.377 e. The summed E-state index contributed by atoms with van der Waals surface area (Å²) in [6, 6.07) is 5.02. The predicted octanol–water partition coefficient (Wildman–Crippen LogP) is 1.85. The van der Waals surface area contributed by atoms with E-state index in [4.69, 9.17) is 23.7 Å². The fourth-order valence-electron chi connectivity index (χ4n) is 2.00. The highest BCUT2D eigenvalue weighted by Crippen LogP contribution is 2.30. The Hall–Kier alpha value is -2.90. The summed E-state index contributed by atoms with van der Waals surface area (Å²) >= 11 is 0. The van der Waals surface area contributed by atoms with Crippen LogP contribution < -0.4 is 14.8 Å². The quantitative estimate of drug-likeness (QED) is 0.715. The number of anilines is 1. The van der Waals surface area contributed by atoms with Crippen molar-refractivity contribution in [1.82, 2.24) is 0 Å². The van der Waals surface area contributed by atoms with Gasteiger partial charge in [-0.3, -0.25) is 4.79 Å². The number of benzene rings is 1. The molecule has 0 bridgehead atoms. The molecule has 136 valence electrons. The van der Waals surface area contributed by atoms with E-state index in [-0.39, 0.29) is 12.4 Å². The van der Waals surface area contributed by atoms with Crippen molar-refractivity contribution in [2.75, 3.05) is 38.4 Å². The third kappa shape index (κ3) is 5.59. The number of amides is 1. The van der Waals surface area contributed by atoms with Gasteiger partial charge in [-0.05, 0) is 26.0 Å². The first-order valence-electron chi connectivity index (χ1n) is 7.95. The zero-order valence-electron chi connectivity index (χ0n) is 14.2. The van der Waals surface area contributed by atoms with Gasteiger partial charge in [0.05, 0.1) is 13.2 Å². The van der Waals surface area contributed by atoms with E-state index in [1.165, 1.54) is 6.26 Å². The van der Waals surface area contributed by atoms with E-state index >= 15 is 0 Å². The van der Waals surface area contributed by atoms with Gasteiger partial charge < -0.3 is 29.0 Å². The maximum absolute atomic E-state index is 11.9. The molecule has 0 spiro atoms. The maximum Gasteiger partial charge on any atom is 0.377 e. The summed E-state index contributed by atoms with van der Waals surface area (Å²) in [7, 11) is 0. The third-order valence-corrected chi connectivity index (χ3v) is 3.01. The molecule has 1 aromatic rings. The van der Waals surface area contributed by atoms with Crippen molar-refractivity contribution < 1.29 is 33.3 Å². The third-order valence-electron chi connectivity index (χ3n) is 3.01.